The lowest BCUT2D eigenvalue weighted by Crippen LogP contribution is -2.40. The fraction of sp³-hybridized carbons (Fsp3) is 0.778. The van der Waals surface area contributed by atoms with Gasteiger partial charge >= 0.3 is 12.1 Å². The number of carbonyl (C=O) groups is 1. The second-order valence-electron chi connectivity index (χ2n) is 4.05. The summed E-state index contributed by atoms with van der Waals surface area (Å²) in [5.74, 6) is -1.27. The molecule has 1 aromatic rings. The first-order valence-electron chi connectivity index (χ1n) is 5.28. The number of carboxylic acid groups (broad SMARTS) is 1. The fourth-order valence-electron chi connectivity index (χ4n) is 1.39. The van der Waals surface area contributed by atoms with Gasteiger partial charge in [-0.15, -0.1) is 5.10 Å². The molecule has 1 unspecified atom stereocenters. The van der Waals surface area contributed by atoms with E-state index in [0.29, 0.717) is 0 Å². The van der Waals surface area contributed by atoms with Crippen LogP contribution >= 0.6 is 0 Å². The van der Waals surface area contributed by atoms with Crippen molar-refractivity contribution < 1.29 is 23.1 Å². The number of alkyl halides is 3. The van der Waals surface area contributed by atoms with Crippen molar-refractivity contribution in [1.29, 1.82) is 0 Å². The van der Waals surface area contributed by atoms with E-state index in [1.54, 1.807) is 6.92 Å². The summed E-state index contributed by atoms with van der Waals surface area (Å²) in [4.78, 5) is 11.2. The van der Waals surface area contributed by atoms with Gasteiger partial charge in [-0.3, -0.25) is 0 Å². The zero-order valence-electron chi connectivity index (χ0n) is 9.90. The van der Waals surface area contributed by atoms with Gasteiger partial charge < -0.3 is 5.11 Å². The van der Waals surface area contributed by atoms with Gasteiger partial charge in [0.15, 0.2) is 11.4 Å². The van der Waals surface area contributed by atoms with E-state index in [1.165, 1.54) is 6.92 Å². The van der Waals surface area contributed by atoms with Gasteiger partial charge in [-0.25, -0.2) is 9.48 Å². The summed E-state index contributed by atoms with van der Waals surface area (Å²) in [6.45, 7) is 2.96. The molecule has 0 fully saturated rings. The molecule has 6 nitrogen and oxygen atoms in total. The highest BCUT2D eigenvalue weighted by Crippen LogP contribution is 2.24. The quantitative estimate of drug-likeness (QED) is 0.870. The lowest BCUT2D eigenvalue weighted by Gasteiger charge is -2.24. The van der Waals surface area contributed by atoms with Crippen molar-refractivity contribution in [3.63, 3.8) is 0 Å². The number of nitrogens with zero attached hydrogens (tertiary/aromatic N) is 4. The number of tetrazole rings is 1. The van der Waals surface area contributed by atoms with Gasteiger partial charge in [0.05, 0.1) is 6.42 Å². The third-order valence-corrected chi connectivity index (χ3v) is 2.78. The molecule has 18 heavy (non-hydrogen) atoms. The van der Waals surface area contributed by atoms with E-state index in [2.05, 4.69) is 15.5 Å². The van der Waals surface area contributed by atoms with Crippen LogP contribution in [0.4, 0.5) is 13.2 Å². The number of aliphatic carboxylic acids is 1. The topological polar surface area (TPSA) is 80.9 Å². The predicted molar refractivity (Wildman–Crippen MR) is 53.8 cm³/mol. The molecule has 1 aromatic heterocycles. The second kappa shape index (κ2) is 4.91. The SMILES string of the molecule is CCC(C)(C(=O)O)n1nnnc1CCC(F)(F)F. The van der Waals surface area contributed by atoms with Gasteiger partial charge in [-0.1, -0.05) is 6.92 Å². The van der Waals surface area contributed by atoms with E-state index in [-0.39, 0.29) is 12.2 Å². The highest BCUT2D eigenvalue weighted by Gasteiger charge is 2.37. The molecule has 0 saturated carbocycles. The maximum absolute atomic E-state index is 12.1. The number of carboxylic acids is 1. The minimum absolute atomic E-state index is 0.0842. The molecule has 9 heteroatoms. The zero-order chi connectivity index (χ0) is 14.0. The van der Waals surface area contributed by atoms with Crippen LogP contribution in [-0.4, -0.2) is 37.5 Å². The highest BCUT2D eigenvalue weighted by atomic mass is 19.4. The van der Waals surface area contributed by atoms with E-state index in [4.69, 9.17) is 5.11 Å². The van der Waals surface area contributed by atoms with Crippen LogP contribution in [0.2, 0.25) is 0 Å². The predicted octanol–water partition coefficient (Wildman–Crippen LogP) is 1.38. The van der Waals surface area contributed by atoms with E-state index >= 15 is 0 Å². The molecule has 0 aliphatic rings. The number of aromatic nitrogens is 4. The van der Waals surface area contributed by atoms with Crippen molar-refractivity contribution in [2.45, 2.75) is 44.8 Å². The summed E-state index contributed by atoms with van der Waals surface area (Å²) in [5, 5.41) is 19.3. The Hall–Kier alpha value is -1.67. The molecular formula is C9H13F3N4O2. The number of aryl methyl sites for hydroxylation is 1. The largest absolute Gasteiger partial charge is 0.479 e. The van der Waals surface area contributed by atoms with Crippen molar-refractivity contribution in [2.24, 2.45) is 0 Å². The summed E-state index contributed by atoms with van der Waals surface area (Å²) in [6.07, 6.45) is -5.71. The molecule has 1 heterocycles. The van der Waals surface area contributed by atoms with Crippen LogP contribution in [0.25, 0.3) is 0 Å². The first kappa shape index (κ1) is 14.4. The Bertz CT molecular complexity index is 432. The summed E-state index contributed by atoms with van der Waals surface area (Å²) >= 11 is 0. The maximum Gasteiger partial charge on any atom is 0.389 e. The minimum atomic E-state index is -4.33. The molecule has 0 spiro atoms. The monoisotopic (exact) mass is 266 g/mol. The van der Waals surface area contributed by atoms with E-state index < -0.39 is 30.5 Å². The molecule has 102 valence electrons. The Morgan fingerprint density at radius 1 is 1.44 bits per heavy atom. The van der Waals surface area contributed by atoms with Crippen LogP contribution in [0.15, 0.2) is 0 Å². The number of hydrogen-bond donors (Lipinski definition) is 1. The van der Waals surface area contributed by atoms with E-state index in [9.17, 15) is 18.0 Å². The molecular weight excluding hydrogens is 253 g/mol. The van der Waals surface area contributed by atoms with Crippen molar-refractivity contribution >= 4 is 5.97 Å². The summed E-state index contributed by atoms with van der Waals surface area (Å²) in [5.41, 5.74) is -1.44. The van der Waals surface area contributed by atoms with Crippen molar-refractivity contribution in [2.75, 3.05) is 0 Å². The molecule has 0 aliphatic carbocycles. The van der Waals surface area contributed by atoms with E-state index in [1.807, 2.05) is 0 Å². The van der Waals surface area contributed by atoms with Gasteiger partial charge in [-0.05, 0) is 23.8 Å². The lowest BCUT2D eigenvalue weighted by molar-refractivity contribution is -0.147. The number of hydrogen-bond acceptors (Lipinski definition) is 4. The molecule has 0 bridgehead atoms. The van der Waals surface area contributed by atoms with Crippen LogP contribution in [0.1, 0.15) is 32.5 Å². The standard InChI is InChI=1S/C9H13F3N4O2/c1-3-8(2,7(17)18)16-6(13-14-15-16)4-5-9(10,11)12/h3-5H2,1-2H3,(H,17,18). The van der Waals surface area contributed by atoms with Gasteiger partial charge in [0, 0.05) is 6.42 Å². The zero-order valence-corrected chi connectivity index (χ0v) is 9.90. The molecule has 0 amide bonds. The minimum Gasteiger partial charge on any atom is -0.479 e. The summed E-state index contributed by atoms with van der Waals surface area (Å²) in [6, 6.07) is 0. The maximum atomic E-state index is 12.1. The van der Waals surface area contributed by atoms with Gasteiger partial charge in [0.1, 0.15) is 0 Å². The molecule has 0 radical (unpaired) electrons. The van der Waals surface area contributed by atoms with Crippen molar-refractivity contribution in [3.05, 3.63) is 5.82 Å². The Balaban J connectivity index is 2.98. The van der Waals surface area contributed by atoms with Crippen LogP contribution in [0.3, 0.4) is 0 Å². The Kier molecular flexibility index (Phi) is 3.92. The second-order valence-corrected chi connectivity index (χ2v) is 4.05. The molecule has 1 rings (SSSR count). The fourth-order valence-corrected chi connectivity index (χ4v) is 1.39. The molecule has 0 saturated heterocycles. The van der Waals surface area contributed by atoms with E-state index in [0.717, 1.165) is 4.68 Å². The number of halogens is 3. The Morgan fingerprint density at radius 3 is 2.50 bits per heavy atom. The highest BCUT2D eigenvalue weighted by molar-refractivity contribution is 5.76. The Morgan fingerprint density at radius 2 is 2.06 bits per heavy atom. The van der Waals surface area contributed by atoms with Gasteiger partial charge in [0.25, 0.3) is 0 Å². The third-order valence-electron chi connectivity index (χ3n) is 2.78. The van der Waals surface area contributed by atoms with Gasteiger partial charge in [-0.2, -0.15) is 13.2 Å². The van der Waals surface area contributed by atoms with Crippen molar-refractivity contribution in [3.8, 4) is 0 Å². The summed E-state index contributed by atoms with van der Waals surface area (Å²) < 4.78 is 37.3. The molecule has 0 aromatic carbocycles. The van der Waals surface area contributed by atoms with Crippen LogP contribution in [-0.2, 0) is 16.8 Å². The normalized spacial score (nSPS) is 15.4. The molecule has 0 aliphatic heterocycles. The van der Waals surface area contributed by atoms with Crippen LogP contribution in [0.5, 0.6) is 0 Å². The van der Waals surface area contributed by atoms with Crippen LogP contribution in [0, 0.1) is 0 Å². The summed E-state index contributed by atoms with van der Waals surface area (Å²) in [7, 11) is 0. The molecule has 1 atom stereocenters. The van der Waals surface area contributed by atoms with Crippen molar-refractivity contribution in [1.82, 2.24) is 20.2 Å². The first-order chi connectivity index (χ1) is 8.20. The Labute approximate surface area is 101 Å². The average Bonchev–Trinajstić information content (AvgIpc) is 2.72. The van der Waals surface area contributed by atoms with Gasteiger partial charge in [0.2, 0.25) is 0 Å². The average molecular weight is 266 g/mol. The molecule has 1 N–H and O–H groups in total. The lowest BCUT2D eigenvalue weighted by atomic mass is 9.99. The smallest absolute Gasteiger partial charge is 0.389 e. The number of rotatable bonds is 5. The first-order valence-corrected chi connectivity index (χ1v) is 5.28. The third kappa shape index (κ3) is 2.96. The van der Waals surface area contributed by atoms with Crippen LogP contribution < -0.4 is 0 Å².